The number of benzene rings is 1. The number of piperidine rings is 1. The fourth-order valence-corrected chi connectivity index (χ4v) is 2.97. The predicted molar refractivity (Wildman–Crippen MR) is 81.1 cm³/mol. The molecule has 0 radical (unpaired) electrons. The molecule has 112 valence electrons. The molecule has 1 unspecified atom stereocenters. The van der Waals surface area contributed by atoms with Gasteiger partial charge in [0.05, 0.1) is 5.56 Å². The van der Waals surface area contributed by atoms with Gasteiger partial charge < -0.3 is 5.32 Å². The molecule has 21 heavy (non-hydrogen) atoms. The molecule has 1 aliphatic heterocycles. The number of rotatable bonds is 5. The monoisotopic (exact) mass is 306 g/mol. The van der Waals surface area contributed by atoms with E-state index in [1.165, 1.54) is 0 Å². The second-order valence-corrected chi connectivity index (χ2v) is 5.96. The maximum Gasteiger partial charge on any atom is 0.253 e. The fourth-order valence-electron chi connectivity index (χ4n) is 2.06. The number of amides is 3. The molecule has 1 saturated heterocycles. The van der Waals surface area contributed by atoms with Crippen molar-refractivity contribution in [3.63, 3.8) is 0 Å². The molecule has 6 heteroatoms. The van der Waals surface area contributed by atoms with Crippen molar-refractivity contribution in [2.75, 3.05) is 5.75 Å². The van der Waals surface area contributed by atoms with Crippen LogP contribution >= 0.6 is 11.8 Å². The van der Waals surface area contributed by atoms with Crippen LogP contribution in [0, 0.1) is 0 Å². The summed E-state index contributed by atoms with van der Waals surface area (Å²) in [6.45, 7) is 2.08. The Morgan fingerprint density at radius 1 is 1.38 bits per heavy atom. The predicted octanol–water partition coefficient (Wildman–Crippen LogP) is 1.72. The lowest BCUT2D eigenvalue weighted by atomic mass is 10.1. The van der Waals surface area contributed by atoms with Crippen molar-refractivity contribution in [1.29, 1.82) is 0 Å². The molecule has 0 saturated carbocycles. The standard InChI is InChI=1S/C15H18N2O3S/c1-2-9-21-12-6-4-3-5-10(12)14(19)16-11-7-8-13(18)17-15(11)20/h3-6,11H,2,7-9H2,1H3,(H,16,19)(H,17,18,20). The van der Waals surface area contributed by atoms with E-state index >= 15 is 0 Å². The van der Waals surface area contributed by atoms with Gasteiger partial charge in [-0.2, -0.15) is 0 Å². The van der Waals surface area contributed by atoms with Gasteiger partial charge in [0.2, 0.25) is 11.8 Å². The van der Waals surface area contributed by atoms with Crippen LogP contribution in [0.1, 0.15) is 36.5 Å². The summed E-state index contributed by atoms with van der Waals surface area (Å²) in [4.78, 5) is 36.0. The zero-order valence-electron chi connectivity index (χ0n) is 11.8. The van der Waals surface area contributed by atoms with Crippen LogP contribution in [-0.4, -0.2) is 29.5 Å². The average Bonchev–Trinajstić information content (AvgIpc) is 2.48. The molecule has 1 heterocycles. The highest BCUT2D eigenvalue weighted by Crippen LogP contribution is 2.23. The van der Waals surface area contributed by atoms with Crippen LogP contribution in [-0.2, 0) is 9.59 Å². The quantitative estimate of drug-likeness (QED) is 0.641. The van der Waals surface area contributed by atoms with Gasteiger partial charge in [0.1, 0.15) is 6.04 Å². The zero-order valence-corrected chi connectivity index (χ0v) is 12.7. The lowest BCUT2D eigenvalue weighted by Gasteiger charge is -2.22. The number of hydrogen-bond acceptors (Lipinski definition) is 4. The van der Waals surface area contributed by atoms with Crippen LogP contribution in [0.4, 0.5) is 0 Å². The van der Waals surface area contributed by atoms with Crippen molar-refractivity contribution in [3.8, 4) is 0 Å². The first-order chi connectivity index (χ1) is 10.1. The van der Waals surface area contributed by atoms with Gasteiger partial charge in [0.15, 0.2) is 0 Å². The van der Waals surface area contributed by atoms with Crippen molar-refractivity contribution >= 4 is 29.5 Å². The summed E-state index contributed by atoms with van der Waals surface area (Å²) in [5.41, 5.74) is 0.570. The van der Waals surface area contributed by atoms with E-state index in [2.05, 4.69) is 17.6 Å². The second-order valence-electron chi connectivity index (χ2n) is 4.82. The van der Waals surface area contributed by atoms with Crippen LogP contribution in [0.3, 0.4) is 0 Å². The first-order valence-corrected chi connectivity index (χ1v) is 7.96. The smallest absolute Gasteiger partial charge is 0.253 e. The van der Waals surface area contributed by atoms with E-state index in [4.69, 9.17) is 0 Å². The molecule has 0 aliphatic carbocycles. The Hall–Kier alpha value is -1.82. The van der Waals surface area contributed by atoms with E-state index in [0.29, 0.717) is 12.0 Å². The molecule has 3 amide bonds. The molecule has 0 bridgehead atoms. The fraction of sp³-hybridized carbons (Fsp3) is 0.400. The lowest BCUT2D eigenvalue weighted by molar-refractivity contribution is -0.134. The van der Waals surface area contributed by atoms with Crippen molar-refractivity contribution in [2.24, 2.45) is 0 Å². The van der Waals surface area contributed by atoms with Crippen LogP contribution in [0.2, 0.25) is 0 Å². The highest BCUT2D eigenvalue weighted by molar-refractivity contribution is 7.99. The summed E-state index contributed by atoms with van der Waals surface area (Å²) >= 11 is 1.62. The normalized spacial score (nSPS) is 18.2. The third-order valence-electron chi connectivity index (χ3n) is 3.14. The molecule has 2 N–H and O–H groups in total. The van der Waals surface area contributed by atoms with E-state index in [1.807, 2.05) is 12.1 Å². The lowest BCUT2D eigenvalue weighted by Crippen LogP contribution is -2.52. The minimum absolute atomic E-state index is 0.253. The minimum atomic E-state index is -0.639. The van der Waals surface area contributed by atoms with Crippen LogP contribution in [0.5, 0.6) is 0 Å². The largest absolute Gasteiger partial charge is 0.340 e. The Morgan fingerprint density at radius 2 is 2.14 bits per heavy atom. The van der Waals surface area contributed by atoms with Crippen LogP contribution in [0.25, 0.3) is 0 Å². The van der Waals surface area contributed by atoms with Gasteiger partial charge in [-0.05, 0) is 30.7 Å². The molecule has 5 nitrogen and oxygen atoms in total. The van der Waals surface area contributed by atoms with E-state index in [-0.39, 0.29) is 18.2 Å². The van der Waals surface area contributed by atoms with E-state index in [0.717, 1.165) is 17.1 Å². The minimum Gasteiger partial charge on any atom is -0.340 e. The van der Waals surface area contributed by atoms with E-state index in [1.54, 1.807) is 23.9 Å². The van der Waals surface area contributed by atoms with Crippen molar-refractivity contribution in [1.82, 2.24) is 10.6 Å². The van der Waals surface area contributed by atoms with E-state index in [9.17, 15) is 14.4 Å². The Balaban J connectivity index is 2.06. The van der Waals surface area contributed by atoms with Gasteiger partial charge in [-0.3, -0.25) is 19.7 Å². The maximum atomic E-state index is 12.3. The van der Waals surface area contributed by atoms with E-state index < -0.39 is 11.9 Å². The Morgan fingerprint density at radius 3 is 2.86 bits per heavy atom. The second kappa shape index (κ2) is 7.26. The number of hydrogen-bond donors (Lipinski definition) is 2. The molecule has 1 atom stereocenters. The molecule has 1 fully saturated rings. The first-order valence-electron chi connectivity index (χ1n) is 6.98. The van der Waals surface area contributed by atoms with Crippen molar-refractivity contribution < 1.29 is 14.4 Å². The highest BCUT2D eigenvalue weighted by Gasteiger charge is 2.28. The van der Waals surface area contributed by atoms with Crippen molar-refractivity contribution in [3.05, 3.63) is 29.8 Å². The molecular formula is C15H18N2O3S. The molecule has 0 aromatic heterocycles. The van der Waals surface area contributed by atoms with Crippen LogP contribution < -0.4 is 10.6 Å². The summed E-state index contributed by atoms with van der Waals surface area (Å²) < 4.78 is 0. The SMILES string of the molecule is CCCSc1ccccc1C(=O)NC1CCC(=O)NC1=O. The number of nitrogens with one attached hydrogen (secondary N) is 2. The molecule has 1 aliphatic rings. The van der Waals surface area contributed by atoms with Gasteiger partial charge in [-0.25, -0.2) is 0 Å². The number of carbonyl (C=O) groups is 3. The maximum absolute atomic E-state index is 12.3. The summed E-state index contributed by atoms with van der Waals surface area (Å²) in [5.74, 6) is -0.0608. The van der Waals surface area contributed by atoms with Crippen molar-refractivity contribution in [2.45, 2.75) is 37.1 Å². The number of imide groups is 1. The summed E-state index contributed by atoms with van der Waals surface area (Å²) in [6.07, 6.45) is 1.62. The van der Waals surface area contributed by atoms with Gasteiger partial charge in [-0.15, -0.1) is 11.8 Å². The molecule has 0 spiro atoms. The molecule has 1 aromatic rings. The van der Waals surface area contributed by atoms with Gasteiger partial charge >= 0.3 is 0 Å². The summed E-state index contributed by atoms with van der Waals surface area (Å²) in [6, 6.07) is 6.70. The molecular weight excluding hydrogens is 288 g/mol. The third-order valence-corrected chi connectivity index (χ3v) is 4.42. The Kier molecular flexibility index (Phi) is 5.38. The summed E-state index contributed by atoms with van der Waals surface area (Å²) in [7, 11) is 0. The number of thioether (sulfide) groups is 1. The van der Waals surface area contributed by atoms with Gasteiger partial charge in [0, 0.05) is 11.3 Å². The molecule has 2 rings (SSSR count). The van der Waals surface area contributed by atoms with Gasteiger partial charge in [0.25, 0.3) is 5.91 Å². The average molecular weight is 306 g/mol. The number of carbonyl (C=O) groups excluding carboxylic acids is 3. The third kappa shape index (κ3) is 4.07. The van der Waals surface area contributed by atoms with Gasteiger partial charge in [-0.1, -0.05) is 19.1 Å². The first kappa shape index (κ1) is 15.6. The van der Waals surface area contributed by atoms with Crippen LogP contribution in [0.15, 0.2) is 29.2 Å². The highest BCUT2D eigenvalue weighted by atomic mass is 32.2. The Bertz CT molecular complexity index is 560. The topological polar surface area (TPSA) is 75.3 Å². The molecule has 1 aromatic carbocycles. The summed E-state index contributed by atoms with van der Waals surface area (Å²) in [5, 5.41) is 4.94. The zero-order chi connectivity index (χ0) is 15.2. The Labute approximate surface area is 127 Å².